The lowest BCUT2D eigenvalue weighted by Crippen LogP contribution is -1.93. The number of nitrogens with zero attached hydrogens (tertiary/aromatic N) is 1. The summed E-state index contributed by atoms with van der Waals surface area (Å²) in [4.78, 5) is 11.3. The summed E-state index contributed by atoms with van der Waals surface area (Å²) < 4.78 is 7.49. The highest BCUT2D eigenvalue weighted by atomic mass is 16.5. The van der Waals surface area contributed by atoms with Crippen molar-refractivity contribution in [2.24, 2.45) is 0 Å². The number of methoxy groups -OCH3 is 1. The fourth-order valence-electron chi connectivity index (χ4n) is 2.86. The third-order valence-corrected chi connectivity index (χ3v) is 3.72. The Hall–Kier alpha value is -1.77. The van der Waals surface area contributed by atoms with Gasteiger partial charge in [0, 0.05) is 28.7 Å². The van der Waals surface area contributed by atoms with E-state index in [4.69, 9.17) is 4.74 Å². The first kappa shape index (κ1) is 10.4. The molecule has 17 heavy (non-hydrogen) atoms. The number of hydrogen-bond donors (Lipinski definition) is 0. The van der Waals surface area contributed by atoms with Gasteiger partial charge >= 0.3 is 0 Å². The molecule has 3 nitrogen and oxygen atoms in total. The molecule has 0 fully saturated rings. The summed E-state index contributed by atoms with van der Waals surface area (Å²) in [5.41, 5.74) is 3.17. The first-order chi connectivity index (χ1) is 8.26. The third kappa shape index (κ3) is 1.32. The molecule has 0 saturated heterocycles. The highest BCUT2D eigenvalue weighted by Crippen LogP contribution is 2.38. The van der Waals surface area contributed by atoms with Gasteiger partial charge in [-0.3, -0.25) is 4.79 Å². The van der Waals surface area contributed by atoms with Crippen molar-refractivity contribution in [3.8, 4) is 5.75 Å². The average molecular weight is 229 g/mol. The Morgan fingerprint density at radius 2 is 2.29 bits per heavy atom. The molecule has 1 aliphatic rings. The molecular formula is C14H15NO2. The first-order valence-corrected chi connectivity index (χ1v) is 5.91. The molecule has 2 aromatic rings. The van der Waals surface area contributed by atoms with Gasteiger partial charge in [-0.2, -0.15) is 0 Å². The SMILES string of the molecule is COc1ccc2c(c1)c(C=O)c1n2CC[C@@H]1C. The molecule has 2 heterocycles. The average Bonchev–Trinajstić information content (AvgIpc) is 2.87. The van der Waals surface area contributed by atoms with Gasteiger partial charge in [0.05, 0.1) is 7.11 Å². The maximum atomic E-state index is 11.3. The molecule has 1 atom stereocenters. The number of aryl methyl sites for hydroxylation is 1. The summed E-state index contributed by atoms with van der Waals surface area (Å²) in [5.74, 6) is 1.27. The van der Waals surface area contributed by atoms with Crippen LogP contribution in [0, 0.1) is 0 Å². The van der Waals surface area contributed by atoms with Crippen molar-refractivity contribution < 1.29 is 9.53 Å². The molecule has 0 radical (unpaired) electrons. The van der Waals surface area contributed by atoms with E-state index in [1.165, 1.54) is 5.69 Å². The molecule has 88 valence electrons. The normalized spacial score (nSPS) is 18.4. The minimum absolute atomic E-state index is 0.466. The Morgan fingerprint density at radius 3 is 3.00 bits per heavy atom. The lowest BCUT2D eigenvalue weighted by molar-refractivity contribution is 0.112. The van der Waals surface area contributed by atoms with Crippen LogP contribution in [-0.4, -0.2) is 18.0 Å². The monoisotopic (exact) mass is 229 g/mol. The molecule has 3 rings (SSSR count). The van der Waals surface area contributed by atoms with E-state index in [9.17, 15) is 4.79 Å². The molecule has 0 saturated carbocycles. The molecule has 1 aromatic carbocycles. The molecule has 0 amide bonds. The minimum atomic E-state index is 0.466. The van der Waals surface area contributed by atoms with Crippen molar-refractivity contribution in [3.05, 3.63) is 29.5 Å². The molecule has 0 aliphatic carbocycles. The Balaban J connectivity index is 2.37. The first-order valence-electron chi connectivity index (χ1n) is 5.91. The second-order valence-electron chi connectivity index (χ2n) is 4.64. The van der Waals surface area contributed by atoms with E-state index in [-0.39, 0.29) is 0 Å². The standard InChI is InChI=1S/C14H15NO2/c1-9-5-6-15-13-4-3-10(17-2)7-11(13)12(8-16)14(9)15/h3-4,7-9H,5-6H2,1-2H3/t9-/m0/s1. The van der Waals surface area contributed by atoms with Crippen molar-refractivity contribution in [1.29, 1.82) is 0 Å². The van der Waals surface area contributed by atoms with Crippen molar-refractivity contribution >= 4 is 17.2 Å². The van der Waals surface area contributed by atoms with E-state index in [1.54, 1.807) is 7.11 Å². The Labute approximate surface area is 100.0 Å². The van der Waals surface area contributed by atoms with Gasteiger partial charge in [0.2, 0.25) is 0 Å². The third-order valence-electron chi connectivity index (χ3n) is 3.72. The minimum Gasteiger partial charge on any atom is -0.497 e. The number of carbonyl (C=O) groups is 1. The van der Waals surface area contributed by atoms with E-state index < -0.39 is 0 Å². The van der Waals surface area contributed by atoms with Crippen molar-refractivity contribution in [1.82, 2.24) is 4.57 Å². The number of hydrogen-bond acceptors (Lipinski definition) is 2. The van der Waals surface area contributed by atoms with Crippen LogP contribution in [0.2, 0.25) is 0 Å². The zero-order chi connectivity index (χ0) is 12.0. The number of benzene rings is 1. The number of ether oxygens (including phenoxy) is 1. The highest BCUT2D eigenvalue weighted by molar-refractivity contribution is 6.00. The molecule has 0 spiro atoms. The van der Waals surface area contributed by atoms with Gasteiger partial charge in [0.15, 0.2) is 6.29 Å². The summed E-state index contributed by atoms with van der Waals surface area (Å²) in [6, 6.07) is 5.95. The van der Waals surface area contributed by atoms with Crippen molar-refractivity contribution in [2.75, 3.05) is 7.11 Å². The molecule has 0 N–H and O–H groups in total. The van der Waals surface area contributed by atoms with E-state index in [0.717, 1.165) is 41.5 Å². The summed E-state index contributed by atoms with van der Waals surface area (Å²) in [5, 5.41) is 1.01. The van der Waals surface area contributed by atoms with Gasteiger partial charge in [-0.1, -0.05) is 6.92 Å². The van der Waals surface area contributed by atoms with Crippen LogP contribution in [0.5, 0.6) is 5.75 Å². The van der Waals surface area contributed by atoms with Crippen LogP contribution in [0.1, 0.15) is 35.3 Å². The second-order valence-corrected chi connectivity index (χ2v) is 4.64. The largest absolute Gasteiger partial charge is 0.497 e. The smallest absolute Gasteiger partial charge is 0.152 e. The topological polar surface area (TPSA) is 31.2 Å². The molecule has 0 bridgehead atoms. The zero-order valence-corrected chi connectivity index (χ0v) is 10.1. The number of aldehydes is 1. The lowest BCUT2D eigenvalue weighted by Gasteiger charge is -2.02. The Kier molecular flexibility index (Phi) is 2.21. The van der Waals surface area contributed by atoms with Crippen LogP contribution in [0.4, 0.5) is 0 Å². The lowest BCUT2D eigenvalue weighted by atomic mass is 10.0. The van der Waals surface area contributed by atoms with Gasteiger partial charge in [-0.25, -0.2) is 0 Å². The van der Waals surface area contributed by atoms with Gasteiger partial charge < -0.3 is 9.30 Å². The van der Waals surface area contributed by atoms with Crippen LogP contribution in [0.15, 0.2) is 18.2 Å². The predicted molar refractivity (Wildman–Crippen MR) is 66.9 cm³/mol. The summed E-state index contributed by atoms with van der Waals surface area (Å²) in [6.07, 6.45) is 2.10. The Morgan fingerprint density at radius 1 is 1.47 bits per heavy atom. The van der Waals surface area contributed by atoms with Crippen molar-refractivity contribution in [2.45, 2.75) is 25.8 Å². The quantitative estimate of drug-likeness (QED) is 0.741. The molecule has 1 aliphatic heterocycles. The maximum Gasteiger partial charge on any atom is 0.152 e. The fraction of sp³-hybridized carbons (Fsp3) is 0.357. The van der Waals surface area contributed by atoms with Crippen molar-refractivity contribution in [3.63, 3.8) is 0 Å². The number of rotatable bonds is 2. The summed E-state index contributed by atoms with van der Waals surface area (Å²) >= 11 is 0. The summed E-state index contributed by atoms with van der Waals surface area (Å²) in [6.45, 7) is 3.19. The van der Waals surface area contributed by atoms with E-state index in [1.807, 2.05) is 18.2 Å². The Bertz CT molecular complexity index is 598. The second kappa shape index (κ2) is 3.62. The maximum absolute atomic E-state index is 11.3. The van der Waals surface area contributed by atoms with Gasteiger partial charge in [0.1, 0.15) is 5.75 Å². The fourth-order valence-corrected chi connectivity index (χ4v) is 2.86. The van der Waals surface area contributed by atoms with E-state index >= 15 is 0 Å². The molecule has 1 aromatic heterocycles. The van der Waals surface area contributed by atoms with Gasteiger partial charge in [-0.05, 0) is 30.5 Å². The molecule has 0 unspecified atom stereocenters. The van der Waals surface area contributed by atoms with E-state index in [2.05, 4.69) is 11.5 Å². The van der Waals surface area contributed by atoms with Crippen LogP contribution < -0.4 is 4.74 Å². The van der Waals surface area contributed by atoms with Gasteiger partial charge in [-0.15, -0.1) is 0 Å². The highest BCUT2D eigenvalue weighted by Gasteiger charge is 2.26. The number of fused-ring (bicyclic) bond motifs is 3. The van der Waals surface area contributed by atoms with Crippen LogP contribution in [-0.2, 0) is 6.54 Å². The van der Waals surface area contributed by atoms with E-state index in [0.29, 0.717) is 5.92 Å². The van der Waals surface area contributed by atoms with Crippen LogP contribution >= 0.6 is 0 Å². The van der Waals surface area contributed by atoms with Crippen LogP contribution in [0.3, 0.4) is 0 Å². The predicted octanol–water partition coefficient (Wildman–Crippen LogP) is 2.97. The molecular weight excluding hydrogens is 214 g/mol. The van der Waals surface area contributed by atoms with Crippen LogP contribution in [0.25, 0.3) is 10.9 Å². The van der Waals surface area contributed by atoms with Gasteiger partial charge in [0.25, 0.3) is 0 Å². The number of carbonyl (C=O) groups excluding carboxylic acids is 1. The summed E-state index contributed by atoms with van der Waals surface area (Å²) in [7, 11) is 1.65. The number of aromatic nitrogens is 1. The zero-order valence-electron chi connectivity index (χ0n) is 10.1. The molecule has 3 heteroatoms.